The molecule has 9 heteroatoms. The standard InChI is InChI=1S/C26H24Cl3N3O3/c1-16(2)24(31-25(33)18-7-5-8-20(27)13-18)26(34)32-30-14-19-6-3-4-9-23(19)35-15-17-10-11-21(28)22(29)12-17/h3-14,16,24H,15H2,1-2H3,(H,31,33)(H,32,34). The maximum Gasteiger partial charge on any atom is 0.262 e. The van der Waals surface area contributed by atoms with E-state index in [1.807, 2.05) is 32.0 Å². The molecule has 0 spiro atoms. The van der Waals surface area contributed by atoms with Crippen molar-refractivity contribution in [3.8, 4) is 5.75 Å². The van der Waals surface area contributed by atoms with Gasteiger partial charge in [-0.25, -0.2) is 5.43 Å². The predicted molar refractivity (Wildman–Crippen MR) is 141 cm³/mol. The molecule has 0 aliphatic carbocycles. The zero-order chi connectivity index (χ0) is 25.4. The number of halogens is 3. The molecule has 1 unspecified atom stereocenters. The number of hydrogen-bond donors (Lipinski definition) is 2. The molecule has 3 aromatic rings. The molecule has 0 aliphatic rings. The highest BCUT2D eigenvalue weighted by Gasteiger charge is 2.24. The van der Waals surface area contributed by atoms with Crippen LogP contribution in [0.1, 0.15) is 35.3 Å². The van der Waals surface area contributed by atoms with Crippen LogP contribution < -0.4 is 15.5 Å². The van der Waals surface area contributed by atoms with Crippen molar-refractivity contribution in [3.05, 3.63) is 98.5 Å². The highest BCUT2D eigenvalue weighted by Crippen LogP contribution is 2.24. The van der Waals surface area contributed by atoms with Crippen LogP contribution in [0.2, 0.25) is 15.1 Å². The first-order valence-corrected chi connectivity index (χ1v) is 11.9. The van der Waals surface area contributed by atoms with Crippen LogP contribution >= 0.6 is 34.8 Å². The van der Waals surface area contributed by atoms with Gasteiger partial charge in [-0.1, -0.05) is 72.9 Å². The van der Waals surface area contributed by atoms with Crippen molar-refractivity contribution in [2.75, 3.05) is 0 Å². The van der Waals surface area contributed by atoms with E-state index in [2.05, 4.69) is 15.8 Å². The molecular formula is C26H24Cl3N3O3. The quantitative estimate of drug-likeness (QED) is 0.257. The van der Waals surface area contributed by atoms with Gasteiger partial charge in [0.05, 0.1) is 16.3 Å². The summed E-state index contributed by atoms with van der Waals surface area (Å²) in [7, 11) is 0. The maximum atomic E-state index is 12.7. The van der Waals surface area contributed by atoms with Crippen molar-refractivity contribution < 1.29 is 14.3 Å². The largest absolute Gasteiger partial charge is 0.488 e. The van der Waals surface area contributed by atoms with Crippen LogP contribution in [0.3, 0.4) is 0 Å². The lowest BCUT2D eigenvalue weighted by atomic mass is 10.0. The molecular weight excluding hydrogens is 509 g/mol. The Morgan fingerprint density at radius 3 is 2.46 bits per heavy atom. The van der Waals surface area contributed by atoms with Crippen molar-refractivity contribution in [1.29, 1.82) is 0 Å². The topological polar surface area (TPSA) is 79.8 Å². The van der Waals surface area contributed by atoms with Gasteiger partial charge in [-0.3, -0.25) is 9.59 Å². The van der Waals surface area contributed by atoms with E-state index < -0.39 is 17.9 Å². The van der Waals surface area contributed by atoms with Gasteiger partial charge in [0.1, 0.15) is 18.4 Å². The Labute approximate surface area is 219 Å². The molecule has 0 radical (unpaired) electrons. The molecule has 0 heterocycles. The minimum atomic E-state index is -0.792. The number of carbonyl (C=O) groups is 2. The van der Waals surface area contributed by atoms with Gasteiger partial charge in [0, 0.05) is 16.1 Å². The van der Waals surface area contributed by atoms with Crippen molar-refractivity contribution in [2.24, 2.45) is 11.0 Å². The van der Waals surface area contributed by atoms with Crippen LogP contribution in [0.4, 0.5) is 0 Å². The number of para-hydroxylation sites is 1. The molecule has 3 rings (SSSR count). The number of nitrogens with one attached hydrogen (secondary N) is 2. The summed E-state index contributed by atoms with van der Waals surface area (Å²) in [6, 6.07) is 18.3. The van der Waals surface area contributed by atoms with Gasteiger partial charge in [0.25, 0.3) is 11.8 Å². The molecule has 0 saturated heterocycles. The van der Waals surface area contributed by atoms with Crippen molar-refractivity contribution in [3.63, 3.8) is 0 Å². The van der Waals surface area contributed by atoms with Gasteiger partial charge in [0.15, 0.2) is 0 Å². The second-order valence-electron chi connectivity index (χ2n) is 8.01. The van der Waals surface area contributed by atoms with Crippen molar-refractivity contribution in [2.45, 2.75) is 26.5 Å². The van der Waals surface area contributed by atoms with Crippen LogP contribution in [0.15, 0.2) is 71.8 Å². The Morgan fingerprint density at radius 1 is 0.971 bits per heavy atom. The molecule has 0 bridgehead atoms. The van der Waals surface area contributed by atoms with Gasteiger partial charge in [-0.05, 0) is 53.9 Å². The fourth-order valence-electron chi connectivity index (χ4n) is 3.13. The SMILES string of the molecule is CC(C)C(NC(=O)c1cccc(Cl)c1)C(=O)NN=Cc1ccccc1OCc1ccc(Cl)c(Cl)c1. The van der Waals surface area contributed by atoms with E-state index >= 15 is 0 Å². The zero-order valence-corrected chi connectivity index (χ0v) is 21.4. The lowest BCUT2D eigenvalue weighted by Gasteiger charge is -2.20. The molecule has 6 nitrogen and oxygen atoms in total. The van der Waals surface area contributed by atoms with E-state index in [0.717, 1.165) is 5.56 Å². The Balaban J connectivity index is 1.63. The highest BCUT2D eigenvalue weighted by molar-refractivity contribution is 6.42. The summed E-state index contributed by atoms with van der Waals surface area (Å²) in [5.74, 6) is -0.436. The number of benzene rings is 3. The van der Waals surface area contributed by atoms with E-state index in [-0.39, 0.29) is 12.5 Å². The van der Waals surface area contributed by atoms with Gasteiger partial charge >= 0.3 is 0 Å². The summed E-state index contributed by atoms with van der Waals surface area (Å²) in [6.07, 6.45) is 1.48. The minimum Gasteiger partial charge on any atom is -0.488 e. The van der Waals surface area contributed by atoms with Crippen LogP contribution in [0, 0.1) is 5.92 Å². The summed E-state index contributed by atoms with van der Waals surface area (Å²) < 4.78 is 5.90. The first-order valence-electron chi connectivity index (χ1n) is 10.8. The van der Waals surface area contributed by atoms with Gasteiger partial charge in [-0.2, -0.15) is 5.10 Å². The van der Waals surface area contributed by atoms with Crippen LogP contribution in [-0.4, -0.2) is 24.1 Å². The van der Waals surface area contributed by atoms with Crippen LogP contribution in [0.5, 0.6) is 5.75 Å². The molecule has 0 aromatic heterocycles. The van der Waals surface area contributed by atoms with Crippen molar-refractivity contribution in [1.82, 2.24) is 10.7 Å². The third kappa shape index (κ3) is 7.72. The number of carbonyl (C=O) groups excluding carboxylic acids is 2. The Kier molecular flexibility index (Phi) is 9.55. The Morgan fingerprint density at radius 2 is 1.74 bits per heavy atom. The van der Waals surface area contributed by atoms with E-state index in [9.17, 15) is 9.59 Å². The maximum absolute atomic E-state index is 12.7. The summed E-state index contributed by atoms with van der Waals surface area (Å²) in [4.78, 5) is 25.3. The Bertz CT molecular complexity index is 1230. The fourth-order valence-corrected chi connectivity index (χ4v) is 3.64. The molecule has 182 valence electrons. The minimum absolute atomic E-state index is 0.171. The predicted octanol–water partition coefficient (Wildman–Crippen LogP) is 6.13. The summed E-state index contributed by atoms with van der Waals surface area (Å²) in [6.45, 7) is 3.94. The molecule has 3 aromatic carbocycles. The van der Waals surface area contributed by atoms with Crippen LogP contribution in [-0.2, 0) is 11.4 Å². The molecule has 0 saturated carbocycles. The van der Waals surface area contributed by atoms with Gasteiger partial charge in [-0.15, -0.1) is 0 Å². The average molecular weight is 533 g/mol. The van der Waals surface area contributed by atoms with Crippen LogP contribution in [0.25, 0.3) is 0 Å². The second-order valence-corrected chi connectivity index (χ2v) is 9.27. The molecule has 2 amide bonds. The summed E-state index contributed by atoms with van der Waals surface area (Å²) in [5, 5.41) is 8.17. The number of ether oxygens (including phenoxy) is 1. The van der Waals surface area contributed by atoms with E-state index in [4.69, 9.17) is 39.5 Å². The zero-order valence-electron chi connectivity index (χ0n) is 19.1. The number of amides is 2. The number of nitrogens with zero attached hydrogens (tertiary/aromatic N) is 1. The summed E-state index contributed by atoms with van der Waals surface area (Å²) >= 11 is 18.0. The normalized spacial score (nSPS) is 11.9. The van der Waals surface area contributed by atoms with Gasteiger partial charge < -0.3 is 10.1 Å². The number of hydrogen-bond acceptors (Lipinski definition) is 4. The van der Waals surface area contributed by atoms with Gasteiger partial charge in [0.2, 0.25) is 0 Å². The third-order valence-electron chi connectivity index (χ3n) is 5.00. The smallest absolute Gasteiger partial charge is 0.262 e. The lowest BCUT2D eigenvalue weighted by molar-refractivity contribution is -0.123. The molecule has 1 atom stereocenters. The lowest BCUT2D eigenvalue weighted by Crippen LogP contribution is -2.48. The monoisotopic (exact) mass is 531 g/mol. The summed E-state index contributed by atoms with van der Waals surface area (Å²) in [5.41, 5.74) is 4.39. The highest BCUT2D eigenvalue weighted by atomic mass is 35.5. The first kappa shape index (κ1) is 26.5. The average Bonchev–Trinajstić information content (AvgIpc) is 2.83. The fraction of sp³-hybridized carbons (Fsp3) is 0.192. The third-order valence-corrected chi connectivity index (χ3v) is 5.97. The van der Waals surface area contributed by atoms with E-state index in [0.29, 0.717) is 31.9 Å². The first-order chi connectivity index (χ1) is 16.7. The second kappa shape index (κ2) is 12.6. The van der Waals surface area contributed by atoms with E-state index in [1.54, 1.807) is 48.5 Å². The molecule has 0 aliphatic heterocycles. The van der Waals surface area contributed by atoms with Crippen molar-refractivity contribution >= 4 is 52.8 Å². The molecule has 35 heavy (non-hydrogen) atoms. The van der Waals surface area contributed by atoms with E-state index in [1.165, 1.54) is 6.21 Å². The number of hydrazone groups is 1. The Hall–Kier alpha value is -3.06. The molecule has 2 N–H and O–H groups in total. The molecule has 0 fully saturated rings. The number of rotatable bonds is 9.